The average molecular weight is 303 g/mol. The van der Waals surface area contributed by atoms with Crippen molar-refractivity contribution in [1.82, 2.24) is 4.72 Å². The normalized spacial score (nSPS) is 13.1. The highest BCUT2D eigenvalue weighted by atomic mass is 32.2. The van der Waals surface area contributed by atoms with E-state index < -0.39 is 16.1 Å². The highest BCUT2D eigenvalue weighted by Gasteiger charge is 2.24. The maximum atomic E-state index is 12.4. The molecule has 0 spiro atoms. The quantitative estimate of drug-likeness (QED) is 0.787. The van der Waals surface area contributed by atoms with Crippen LogP contribution in [-0.4, -0.2) is 40.4 Å². The number of hydrogen-bond donors (Lipinski definition) is 2. The van der Waals surface area contributed by atoms with Crippen LogP contribution < -0.4 is 14.2 Å². The molecule has 0 amide bonds. The second-order valence-electron chi connectivity index (χ2n) is 4.38. The minimum absolute atomic E-state index is 0.00523. The van der Waals surface area contributed by atoms with Gasteiger partial charge in [0.2, 0.25) is 10.0 Å². The second kappa shape index (κ2) is 6.92. The largest absolute Gasteiger partial charge is 0.496 e. The molecule has 0 saturated heterocycles. The minimum atomic E-state index is -3.79. The molecular weight excluding hydrogens is 282 g/mol. The van der Waals surface area contributed by atoms with Crippen LogP contribution in [0.1, 0.15) is 18.9 Å². The Morgan fingerprint density at radius 3 is 2.30 bits per heavy atom. The standard InChI is InChI=1S/C13H21NO5S/c1-5-10(8-15)14-20(16,17)13-7-11(18-3)9(2)6-12(13)19-4/h6-7,10,14-15H,5,8H2,1-4H3/t10-/m1/s1. The van der Waals surface area contributed by atoms with E-state index in [2.05, 4.69) is 4.72 Å². The van der Waals surface area contributed by atoms with Crippen LogP contribution in [0.2, 0.25) is 0 Å². The van der Waals surface area contributed by atoms with Crippen LogP contribution in [0, 0.1) is 6.92 Å². The minimum Gasteiger partial charge on any atom is -0.496 e. The molecule has 1 aromatic rings. The highest BCUT2D eigenvalue weighted by Crippen LogP contribution is 2.31. The molecule has 0 aliphatic rings. The number of aliphatic hydroxyl groups is 1. The molecule has 1 aromatic carbocycles. The molecule has 0 aliphatic heterocycles. The Kier molecular flexibility index (Phi) is 5.79. The molecule has 0 saturated carbocycles. The van der Waals surface area contributed by atoms with Gasteiger partial charge in [-0.1, -0.05) is 6.92 Å². The number of ether oxygens (including phenoxy) is 2. The number of benzene rings is 1. The fourth-order valence-corrected chi connectivity index (χ4v) is 3.24. The van der Waals surface area contributed by atoms with E-state index in [1.165, 1.54) is 20.3 Å². The lowest BCUT2D eigenvalue weighted by Crippen LogP contribution is -2.37. The van der Waals surface area contributed by atoms with E-state index in [-0.39, 0.29) is 17.3 Å². The van der Waals surface area contributed by atoms with Crippen LogP contribution in [0.5, 0.6) is 11.5 Å². The zero-order chi connectivity index (χ0) is 15.3. The number of aryl methyl sites for hydroxylation is 1. The van der Waals surface area contributed by atoms with Crippen LogP contribution in [-0.2, 0) is 10.0 Å². The summed E-state index contributed by atoms with van der Waals surface area (Å²) in [5.74, 6) is 0.701. The third-order valence-electron chi connectivity index (χ3n) is 3.01. The molecule has 6 nitrogen and oxygen atoms in total. The smallest absolute Gasteiger partial charge is 0.244 e. The van der Waals surface area contributed by atoms with E-state index in [0.717, 1.165) is 5.56 Å². The molecule has 0 aliphatic carbocycles. The Morgan fingerprint density at radius 2 is 1.85 bits per heavy atom. The first-order valence-electron chi connectivity index (χ1n) is 6.25. The van der Waals surface area contributed by atoms with Gasteiger partial charge < -0.3 is 14.6 Å². The Balaban J connectivity index is 3.29. The summed E-state index contributed by atoms with van der Waals surface area (Å²) >= 11 is 0. The number of nitrogens with one attached hydrogen (secondary N) is 1. The predicted molar refractivity (Wildman–Crippen MR) is 75.8 cm³/mol. The maximum absolute atomic E-state index is 12.4. The van der Waals surface area contributed by atoms with Crippen LogP contribution >= 0.6 is 0 Å². The Morgan fingerprint density at radius 1 is 1.25 bits per heavy atom. The van der Waals surface area contributed by atoms with E-state index >= 15 is 0 Å². The molecule has 1 rings (SSSR count). The number of aliphatic hydroxyl groups excluding tert-OH is 1. The van der Waals surface area contributed by atoms with Crippen molar-refractivity contribution in [1.29, 1.82) is 0 Å². The lowest BCUT2D eigenvalue weighted by molar-refractivity contribution is 0.253. The number of rotatable bonds is 7. The van der Waals surface area contributed by atoms with Gasteiger partial charge in [0.1, 0.15) is 16.4 Å². The molecule has 7 heteroatoms. The lowest BCUT2D eigenvalue weighted by Gasteiger charge is -2.17. The summed E-state index contributed by atoms with van der Waals surface area (Å²) in [4.78, 5) is -0.00523. The molecule has 1 atom stereocenters. The van der Waals surface area contributed by atoms with Crippen molar-refractivity contribution in [3.63, 3.8) is 0 Å². The van der Waals surface area contributed by atoms with E-state index in [4.69, 9.17) is 14.6 Å². The van der Waals surface area contributed by atoms with Crippen molar-refractivity contribution in [3.8, 4) is 11.5 Å². The first-order chi connectivity index (χ1) is 9.39. The van der Waals surface area contributed by atoms with Gasteiger partial charge in [-0.05, 0) is 25.0 Å². The fourth-order valence-electron chi connectivity index (χ4n) is 1.76. The van der Waals surface area contributed by atoms with Gasteiger partial charge >= 0.3 is 0 Å². The van der Waals surface area contributed by atoms with Crippen LogP contribution in [0.3, 0.4) is 0 Å². The van der Waals surface area contributed by atoms with Gasteiger partial charge in [0.25, 0.3) is 0 Å². The van der Waals surface area contributed by atoms with Gasteiger partial charge in [-0.3, -0.25) is 0 Å². The monoisotopic (exact) mass is 303 g/mol. The summed E-state index contributed by atoms with van der Waals surface area (Å²) in [6.07, 6.45) is 0.487. The molecule has 114 valence electrons. The molecule has 2 N–H and O–H groups in total. The van der Waals surface area contributed by atoms with Gasteiger partial charge in [-0.15, -0.1) is 0 Å². The molecule has 20 heavy (non-hydrogen) atoms. The summed E-state index contributed by atoms with van der Waals surface area (Å²) in [5.41, 5.74) is 0.775. The van der Waals surface area contributed by atoms with Crippen LogP contribution in [0.4, 0.5) is 0 Å². The first-order valence-corrected chi connectivity index (χ1v) is 7.73. The van der Waals surface area contributed by atoms with Crippen LogP contribution in [0.25, 0.3) is 0 Å². The van der Waals surface area contributed by atoms with Crippen molar-refractivity contribution in [2.24, 2.45) is 0 Å². The molecule has 0 aromatic heterocycles. The molecule has 0 fully saturated rings. The van der Waals surface area contributed by atoms with Gasteiger partial charge in [-0.25, -0.2) is 13.1 Å². The molecule has 0 heterocycles. The summed E-state index contributed by atoms with van der Waals surface area (Å²) in [6.45, 7) is 3.32. The average Bonchev–Trinajstić information content (AvgIpc) is 2.44. The van der Waals surface area contributed by atoms with Crippen molar-refractivity contribution in [3.05, 3.63) is 17.7 Å². The van der Waals surface area contributed by atoms with Crippen molar-refractivity contribution < 1.29 is 23.0 Å². The Hall–Kier alpha value is -1.31. The van der Waals surface area contributed by atoms with E-state index in [1.807, 2.05) is 0 Å². The second-order valence-corrected chi connectivity index (χ2v) is 6.06. The van der Waals surface area contributed by atoms with Gasteiger partial charge in [-0.2, -0.15) is 0 Å². The Bertz CT molecular complexity index is 552. The molecule has 0 radical (unpaired) electrons. The van der Waals surface area contributed by atoms with Crippen molar-refractivity contribution in [2.75, 3.05) is 20.8 Å². The van der Waals surface area contributed by atoms with Crippen LogP contribution in [0.15, 0.2) is 17.0 Å². The fraction of sp³-hybridized carbons (Fsp3) is 0.538. The number of hydrogen-bond acceptors (Lipinski definition) is 5. The maximum Gasteiger partial charge on any atom is 0.244 e. The van der Waals surface area contributed by atoms with Crippen molar-refractivity contribution >= 4 is 10.0 Å². The topological polar surface area (TPSA) is 84.9 Å². The highest BCUT2D eigenvalue weighted by molar-refractivity contribution is 7.89. The van der Waals surface area contributed by atoms with E-state index in [9.17, 15) is 8.42 Å². The first kappa shape index (κ1) is 16.7. The van der Waals surface area contributed by atoms with Gasteiger partial charge in [0.05, 0.1) is 20.8 Å². The van der Waals surface area contributed by atoms with E-state index in [0.29, 0.717) is 12.2 Å². The van der Waals surface area contributed by atoms with E-state index in [1.54, 1.807) is 19.9 Å². The SMILES string of the molecule is CC[C@H](CO)NS(=O)(=O)c1cc(OC)c(C)cc1OC. The Labute approximate surface area is 119 Å². The predicted octanol–water partition coefficient (Wildman–Crippen LogP) is 1.06. The molecule has 0 bridgehead atoms. The van der Waals surface area contributed by atoms with Gasteiger partial charge in [0.15, 0.2) is 0 Å². The number of methoxy groups -OCH3 is 2. The summed E-state index contributed by atoms with van der Waals surface area (Å²) < 4.78 is 37.4. The zero-order valence-corrected chi connectivity index (χ0v) is 13.0. The third kappa shape index (κ3) is 3.62. The molecular formula is C13H21NO5S. The van der Waals surface area contributed by atoms with Crippen molar-refractivity contribution in [2.45, 2.75) is 31.2 Å². The number of sulfonamides is 1. The lowest BCUT2D eigenvalue weighted by atomic mass is 10.2. The summed E-state index contributed by atoms with van der Waals surface area (Å²) in [6, 6.07) is 2.49. The van der Waals surface area contributed by atoms with Gasteiger partial charge in [0, 0.05) is 12.1 Å². The molecule has 0 unspecified atom stereocenters. The zero-order valence-electron chi connectivity index (χ0n) is 12.1. The summed E-state index contributed by atoms with van der Waals surface area (Å²) in [7, 11) is -0.911. The third-order valence-corrected chi connectivity index (χ3v) is 4.55. The summed E-state index contributed by atoms with van der Waals surface area (Å²) in [5, 5.41) is 9.12.